The summed E-state index contributed by atoms with van der Waals surface area (Å²) in [6, 6.07) is 15.1. The molecule has 0 radical (unpaired) electrons. The van der Waals surface area contributed by atoms with Gasteiger partial charge in [0.2, 0.25) is 0 Å². The van der Waals surface area contributed by atoms with Crippen LogP contribution in [0.15, 0.2) is 53.5 Å². The number of benzene rings is 2. The van der Waals surface area contributed by atoms with E-state index >= 15 is 0 Å². The standard InChI is InChI=1S/C21H24N2O4S/c1-3-25-13-12-23-18-11-10-17(26-4-2)14-19(18)28-21(23)22-20(24)15-27-16-8-6-5-7-9-16/h5-11,14H,3-4,12-13,15H2,1-2H3. The number of para-hydroxylation sites is 1. The minimum atomic E-state index is -0.328. The van der Waals surface area contributed by atoms with Gasteiger partial charge in [-0.25, -0.2) is 0 Å². The highest BCUT2D eigenvalue weighted by atomic mass is 32.1. The number of thiazole rings is 1. The summed E-state index contributed by atoms with van der Waals surface area (Å²) in [6.07, 6.45) is 0. The summed E-state index contributed by atoms with van der Waals surface area (Å²) in [4.78, 5) is 17.3. The smallest absolute Gasteiger partial charge is 0.286 e. The number of rotatable bonds is 9. The molecule has 0 aliphatic heterocycles. The molecule has 28 heavy (non-hydrogen) atoms. The molecule has 0 spiro atoms. The van der Waals surface area contributed by atoms with Gasteiger partial charge in [-0.1, -0.05) is 29.5 Å². The zero-order chi connectivity index (χ0) is 19.8. The predicted octanol–water partition coefficient (Wildman–Crippen LogP) is 3.64. The van der Waals surface area contributed by atoms with Crippen molar-refractivity contribution in [2.24, 2.45) is 4.99 Å². The van der Waals surface area contributed by atoms with Crippen LogP contribution in [-0.2, 0) is 16.1 Å². The lowest BCUT2D eigenvalue weighted by Crippen LogP contribution is -2.21. The van der Waals surface area contributed by atoms with E-state index in [0.717, 1.165) is 16.0 Å². The van der Waals surface area contributed by atoms with Gasteiger partial charge >= 0.3 is 0 Å². The summed E-state index contributed by atoms with van der Waals surface area (Å²) < 4.78 is 19.6. The maximum atomic E-state index is 12.4. The highest BCUT2D eigenvalue weighted by Gasteiger charge is 2.10. The highest BCUT2D eigenvalue weighted by molar-refractivity contribution is 7.16. The lowest BCUT2D eigenvalue weighted by atomic mass is 10.3. The minimum Gasteiger partial charge on any atom is -0.494 e. The topological polar surface area (TPSA) is 62.1 Å². The molecule has 0 saturated heterocycles. The second-order valence-electron chi connectivity index (χ2n) is 5.90. The number of ether oxygens (including phenoxy) is 3. The van der Waals surface area contributed by atoms with Crippen molar-refractivity contribution in [3.05, 3.63) is 53.3 Å². The number of aromatic nitrogens is 1. The zero-order valence-corrected chi connectivity index (χ0v) is 16.9. The van der Waals surface area contributed by atoms with Crippen molar-refractivity contribution >= 4 is 27.5 Å². The molecule has 6 nitrogen and oxygen atoms in total. The van der Waals surface area contributed by atoms with E-state index in [0.29, 0.717) is 36.9 Å². The number of hydrogen-bond donors (Lipinski definition) is 0. The third-order valence-corrected chi connectivity index (χ3v) is 5.00. The summed E-state index contributed by atoms with van der Waals surface area (Å²) in [5.74, 6) is 1.12. The Labute approximate surface area is 168 Å². The number of carbonyl (C=O) groups is 1. The van der Waals surface area contributed by atoms with Crippen LogP contribution in [0.25, 0.3) is 10.2 Å². The molecule has 0 aliphatic rings. The lowest BCUT2D eigenvalue weighted by molar-refractivity contribution is -0.120. The number of amides is 1. The van der Waals surface area contributed by atoms with E-state index in [-0.39, 0.29) is 12.5 Å². The van der Waals surface area contributed by atoms with Gasteiger partial charge in [-0.3, -0.25) is 4.79 Å². The number of hydrogen-bond acceptors (Lipinski definition) is 5. The van der Waals surface area contributed by atoms with Crippen LogP contribution in [0.4, 0.5) is 0 Å². The fourth-order valence-electron chi connectivity index (χ4n) is 2.71. The van der Waals surface area contributed by atoms with Crippen molar-refractivity contribution in [2.75, 3.05) is 26.4 Å². The molecule has 148 valence electrons. The molecule has 2 aromatic carbocycles. The molecular weight excluding hydrogens is 376 g/mol. The van der Waals surface area contributed by atoms with Crippen molar-refractivity contribution in [1.82, 2.24) is 4.57 Å². The van der Waals surface area contributed by atoms with Crippen LogP contribution in [0.5, 0.6) is 11.5 Å². The Balaban J connectivity index is 1.86. The van der Waals surface area contributed by atoms with E-state index in [1.165, 1.54) is 11.3 Å². The van der Waals surface area contributed by atoms with Crippen molar-refractivity contribution in [3.63, 3.8) is 0 Å². The number of fused-ring (bicyclic) bond motifs is 1. The van der Waals surface area contributed by atoms with Crippen LogP contribution in [0.1, 0.15) is 13.8 Å². The van der Waals surface area contributed by atoms with Crippen LogP contribution >= 0.6 is 11.3 Å². The SMILES string of the molecule is CCOCCn1c(=NC(=O)COc2ccccc2)sc2cc(OCC)ccc21. The molecule has 1 aromatic heterocycles. The normalized spacial score (nSPS) is 11.7. The van der Waals surface area contributed by atoms with Gasteiger partial charge in [0.1, 0.15) is 11.5 Å². The summed E-state index contributed by atoms with van der Waals surface area (Å²) in [7, 11) is 0. The maximum Gasteiger partial charge on any atom is 0.286 e. The van der Waals surface area contributed by atoms with Crippen LogP contribution in [0.2, 0.25) is 0 Å². The molecule has 3 aromatic rings. The fourth-order valence-corrected chi connectivity index (χ4v) is 3.81. The van der Waals surface area contributed by atoms with E-state index in [1.807, 2.05) is 66.9 Å². The monoisotopic (exact) mass is 400 g/mol. The van der Waals surface area contributed by atoms with E-state index in [2.05, 4.69) is 4.99 Å². The Hall–Kier alpha value is -2.64. The van der Waals surface area contributed by atoms with Crippen molar-refractivity contribution in [2.45, 2.75) is 20.4 Å². The van der Waals surface area contributed by atoms with Gasteiger partial charge in [0.15, 0.2) is 11.4 Å². The predicted molar refractivity (Wildman–Crippen MR) is 110 cm³/mol. The molecule has 1 amide bonds. The molecule has 0 saturated carbocycles. The summed E-state index contributed by atoms with van der Waals surface area (Å²) in [6.45, 7) is 6.23. The van der Waals surface area contributed by atoms with Crippen molar-refractivity contribution < 1.29 is 19.0 Å². The van der Waals surface area contributed by atoms with Gasteiger partial charge in [-0.15, -0.1) is 0 Å². The molecule has 0 unspecified atom stereocenters. The van der Waals surface area contributed by atoms with Gasteiger partial charge in [0, 0.05) is 13.2 Å². The first-order valence-corrected chi connectivity index (χ1v) is 10.1. The first kappa shape index (κ1) is 20.1. The van der Waals surface area contributed by atoms with E-state index < -0.39 is 0 Å². The van der Waals surface area contributed by atoms with E-state index in [9.17, 15) is 4.79 Å². The summed E-state index contributed by atoms with van der Waals surface area (Å²) >= 11 is 1.46. The van der Waals surface area contributed by atoms with Gasteiger partial charge in [-0.05, 0) is 44.2 Å². The number of nitrogens with zero attached hydrogens (tertiary/aromatic N) is 2. The quantitative estimate of drug-likeness (QED) is 0.515. The van der Waals surface area contributed by atoms with Gasteiger partial charge in [0.25, 0.3) is 5.91 Å². The second-order valence-corrected chi connectivity index (χ2v) is 6.91. The van der Waals surface area contributed by atoms with E-state index in [4.69, 9.17) is 14.2 Å². The van der Waals surface area contributed by atoms with Crippen molar-refractivity contribution in [1.29, 1.82) is 0 Å². The van der Waals surface area contributed by atoms with Gasteiger partial charge in [0.05, 0.1) is 23.4 Å². The third-order valence-electron chi connectivity index (χ3n) is 3.95. The highest BCUT2D eigenvalue weighted by Crippen LogP contribution is 2.23. The number of carbonyl (C=O) groups excluding carboxylic acids is 1. The Bertz CT molecular complexity index is 979. The Morgan fingerprint density at radius 1 is 1.04 bits per heavy atom. The zero-order valence-electron chi connectivity index (χ0n) is 16.1. The lowest BCUT2D eigenvalue weighted by Gasteiger charge is -2.07. The molecule has 0 aliphatic carbocycles. The molecule has 0 bridgehead atoms. The van der Waals surface area contributed by atoms with Gasteiger partial charge in [-0.2, -0.15) is 4.99 Å². The van der Waals surface area contributed by atoms with Crippen molar-refractivity contribution in [3.8, 4) is 11.5 Å². The first-order valence-electron chi connectivity index (χ1n) is 9.30. The van der Waals surface area contributed by atoms with Crippen LogP contribution in [0.3, 0.4) is 0 Å². The van der Waals surface area contributed by atoms with E-state index in [1.54, 1.807) is 0 Å². The molecule has 7 heteroatoms. The average Bonchev–Trinajstić information content (AvgIpc) is 3.04. The molecule has 0 N–H and O–H groups in total. The largest absolute Gasteiger partial charge is 0.494 e. The molecule has 0 atom stereocenters. The molecule has 1 heterocycles. The Morgan fingerprint density at radius 3 is 2.61 bits per heavy atom. The maximum absolute atomic E-state index is 12.4. The van der Waals surface area contributed by atoms with Gasteiger partial charge < -0.3 is 18.8 Å². The van der Waals surface area contributed by atoms with Crippen LogP contribution in [0, 0.1) is 0 Å². The summed E-state index contributed by atoms with van der Waals surface area (Å²) in [5, 5.41) is 0. The van der Waals surface area contributed by atoms with Crippen LogP contribution in [-0.4, -0.2) is 36.9 Å². The molecular formula is C21H24N2O4S. The first-order chi connectivity index (χ1) is 13.7. The summed E-state index contributed by atoms with van der Waals surface area (Å²) in [5.41, 5.74) is 1.00. The molecule has 3 rings (SSSR count). The third kappa shape index (κ3) is 5.21. The minimum absolute atomic E-state index is 0.103. The second kappa shape index (κ2) is 10.1. The Morgan fingerprint density at radius 2 is 1.86 bits per heavy atom. The molecule has 0 fully saturated rings. The Kier molecular flexibility index (Phi) is 7.22. The average molecular weight is 401 g/mol. The fraction of sp³-hybridized carbons (Fsp3) is 0.333. The van der Waals surface area contributed by atoms with Crippen LogP contribution < -0.4 is 14.3 Å².